The number of halogens is 2. The zero-order valence-electron chi connectivity index (χ0n) is 9.39. The summed E-state index contributed by atoms with van der Waals surface area (Å²) in [6.07, 6.45) is 0. The summed E-state index contributed by atoms with van der Waals surface area (Å²) in [6, 6.07) is 6.91. The van der Waals surface area contributed by atoms with Crippen LogP contribution in [0.25, 0.3) is 0 Å². The molecule has 1 aliphatic rings. The second-order valence-electron chi connectivity index (χ2n) is 3.75. The summed E-state index contributed by atoms with van der Waals surface area (Å²) in [6.45, 7) is 0. The van der Waals surface area contributed by atoms with Crippen molar-refractivity contribution in [3.8, 4) is 0 Å². The molecule has 0 unspecified atom stereocenters. The van der Waals surface area contributed by atoms with Gasteiger partial charge < -0.3 is 11.1 Å². The Balaban J connectivity index is 2.07. The number of rotatable bonds is 2. The van der Waals surface area contributed by atoms with Gasteiger partial charge in [-0.15, -0.1) is 0 Å². The van der Waals surface area contributed by atoms with Crippen molar-refractivity contribution in [2.24, 2.45) is 8.73 Å². The standard InChI is InChI=1S/C11H7Cl2N5S/c12-5-4-6(13)10-11(18-19-17-10)9(5)16-8-3-1-2-7(14)15-8/h1-4H,(H3,14,15,16). The Morgan fingerprint density at radius 3 is 2.68 bits per heavy atom. The van der Waals surface area contributed by atoms with Crippen LogP contribution in [0.1, 0.15) is 0 Å². The number of nitrogen functional groups attached to an aromatic ring is 1. The zero-order chi connectivity index (χ0) is 13.4. The van der Waals surface area contributed by atoms with Crippen molar-refractivity contribution in [3.63, 3.8) is 0 Å². The summed E-state index contributed by atoms with van der Waals surface area (Å²) in [4.78, 5) is 4.15. The van der Waals surface area contributed by atoms with Gasteiger partial charge in [0.15, 0.2) is 0 Å². The number of hydrogen-bond donors (Lipinski definition) is 2. The number of fused-ring (bicyclic) bond motifs is 1. The lowest BCUT2D eigenvalue weighted by Crippen LogP contribution is -1.97. The highest BCUT2D eigenvalue weighted by molar-refractivity contribution is 7.58. The molecular weight excluding hydrogens is 305 g/mol. The van der Waals surface area contributed by atoms with Crippen molar-refractivity contribution in [1.29, 1.82) is 0 Å². The number of pyridine rings is 1. The molecule has 3 rings (SSSR count). The maximum Gasteiger partial charge on any atom is 0.132 e. The highest BCUT2D eigenvalue weighted by Crippen LogP contribution is 2.48. The fraction of sp³-hybridized carbons (Fsp3) is 0. The van der Waals surface area contributed by atoms with E-state index in [1.165, 1.54) is 0 Å². The van der Waals surface area contributed by atoms with Gasteiger partial charge in [-0.3, -0.25) is 0 Å². The molecule has 0 atom stereocenters. The molecule has 0 saturated carbocycles. The summed E-state index contributed by atoms with van der Waals surface area (Å²) < 4.78 is 8.33. The second kappa shape index (κ2) is 4.80. The first-order chi connectivity index (χ1) is 9.15. The lowest BCUT2D eigenvalue weighted by molar-refractivity contribution is 1.31. The molecule has 19 heavy (non-hydrogen) atoms. The van der Waals surface area contributed by atoms with Gasteiger partial charge in [-0.05, 0) is 18.2 Å². The van der Waals surface area contributed by atoms with Gasteiger partial charge in [0.1, 0.15) is 23.0 Å². The Morgan fingerprint density at radius 2 is 1.89 bits per heavy atom. The van der Waals surface area contributed by atoms with Crippen LogP contribution >= 0.6 is 23.2 Å². The van der Waals surface area contributed by atoms with Gasteiger partial charge in [0.05, 0.1) is 27.1 Å². The van der Waals surface area contributed by atoms with Crippen molar-refractivity contribution < 1.29 is 0 Å². The molecule has 1 aliphatic heterocycles. The van der Waals surface area contributed by atoms with Gasteiger partial charge in [0, 0.05) is 0 Å². The molecule has 3 N–H and O–H groups in total. The molecule has 2 heterocycles. The number of nitrogens with two attached hydrogens (primary N) is 1. The van der Waals surface area contributed by atoms with E-state index in [1.54, 1.807) is 24.3 Å². The van der Waals surface area contributed by atoms with Crippen LogP contribution in [0.2, 0.25) is 10.0 Å². The minimum absolute atomic E-state index is 0.419. The molecule has 1 aromatic heterocycles. The summed E-state index contributed by atoms with van der Waals surface area (Å²) in [5, 5.41) is 4.02. The van der Waals surface area contributed by atoms with Crippen molar-refractivity contribution in [1.82, 2.24) is 4.98 Å². The molecule has 0 fully saturated rings. The van der Waals surface area contributed by atoms with E-state index in [0.29, 0.717) is 38.7 Å². The monoisotopic (exact) mass is 311 g/mol. The SMILES string of the molecule is Nc1cccc(Nc2c(Cl)cc(Cl)c3c2N=S=N3)n1. The molecule has 2 aromatic rings. The van der Waals surface area contributed by atoms with Gasteiger partial charge in [0.25, 0.3) is 0 Å². The Bertz CT molecular complexity index is 740. The van der Waals surface area contributed by atoms with Crippen molar-refractivity contribution in [2.45, 2.75) is 0 Å². The first-order valence-electron chi connectivity index (χ1n) is 5.25. The van der Waals surface area contributed by atoms with Gasteiger partial charge in [0.2, 0.25) is 0 Å². The second-order valence-corrected chi connectivity index (χ2v) is 5.09. The van der Waals surface area contributed by atoms with Crippen molar-refractivity contribution in [3.05, 3.63) is 34.3 Å². The van der Waals surface area contributed by atoms with Crippen molar-refractivity contribution in [2.75, 3.05) is 11.1 Å². The van der Waals surface area contributed by atoms with Gasteiger partial charge in [-0.1, -0.05) is 29.3 Å². The molecule has 0 bridgehead atoms. The number of nitrogens with one attached hydrogen (secondary N) is 1. The Morgan fingerprint density at radius 1 is 1.11 bits per heavy atom. The third-order valence-electron chi connectivity index (χ3n) is 2.47. The molecule has 0 saturated heterocycles. The molecule has 0 spiro atoms. The first-order valence-corrected chi connectivity index (χ1v) is 6.73. The van der Waals surface area contributed by atoms with Gasteiger partial charge in [-0.25, -0.2) is 4.98 Å². The highest BCUT2D eigenvalue weighted by Gasteiger charge is 2.19. The molecule has 0 aliphatic carbocycles. The number of nitrogens with zero attached hydrogens (tertiary/aromatic N) is 3. The van der Waals surface area contributed by atoms with E-state index in [0.717, 1.165) is 11.4 Å². The highest BCUT2D eigenvalue weighted by atomic mass is 35.5. The summed E-state index contributed by atoms with van der Waals surface area (Å²) in [5.41, 5.74) is 7.49. The quantitative estimate of drug-likeness (QED) is 0.734. The molecule has 8 heteroatoms. The van der Waals surface area contributed by atoms with Gasteiger partial charge in [-0.2, -0.15) is 8.73 Å². The van der Waals surface area contributed by atoms with Crippen LogP contribution < -0.4 is 11.1 Å². The normalized spacial score (nSPS) is 12.1. The topological polar surface area (TPSA) is 75.7 Å². The lowest BCUT2D eigenvalue weighted by Gasteiger charge is -2.11. The van der Waals surface area contributed by atoms with E-state index < -0.39 is 0 Å². The van der Waals surface area contributed by atoms with Crippen LogP contribution in [0.5, 0.6) is 0 Å². The summed E-state index contributed by atoms with van der Waals surface area (Å²) >= 11 is 13.3. The average Bonchev–Trinajstić information content (AvgIpc) is 2.84. The molecule has 0 radical (unpaired) electrons. The Kier molecular flexibility index (Phi) is 3.14. The van der Waals surface area contributed by atoms with E-state index in [9.17, 15) is 0 Å². The lowest BCUT2D eigenvalue weighted by atomic mass is 10.2. The van der Waals surface area contributed by atoms with Gasteiger partial charge >= 0.3 is 0 Å². The molecule has 1 aromatic carbocycles. The van der Waals surface area contributed by atoms with E-state index in [4.69, 9.17) is 28.9 Å². The number of hydrogen-bond acceptors (Lipinski definition) is 5. The van der Waals surface area contributed by atoms with E-state index >= 15 is 0 Å². The van der Waals surface area contributed by atoms with Crippen LogP contribution in [0.3, 0.4) is 0 Å². The Labute approximate surface area is 122 Å². The molecule has 5 nitrogen and oxygen atoms in total. The van der Waals surface area contributed by atoms with E-state index in [2.05, 4.69) is 19.0 Å². The first kappa shape index (κ1) is 12.4. The summed E-state index contributed by atoms with van der Waals surface area (Å²) in [5.74, 6) is 1.00. The third-order valence-corrected chi connectivity index (χ3v) is 3.58. The minimum Gasteiger partial charge on any atom is -0.384 e. The maximum atomic E-state index is 6.19. The number of aromatic nitrogens is 1. The largest absolute Gasteiger partial charge is 0.384 e. The van der Waals surface area contributed by atoms with Crippen LogP contribution in [0.15, 0.2) is 33.0 Å². The molecule has 96 valence electrons. The maximum absolute atomic E-state index is 6.19. The predicted molar refractivity (Wildman–Crippen MR) is 79.9 cm³/mol. The predicted octanol–water partition coefficient (Wildman–Crippen LogP) is 4.44. The molecular formula is C11H7Cl2N5S. The van der Waals surface area contributed by atoms with Crippen LogP contribution in [-0.2, 0) is 11.4 Å². The minimum atomic E-state index is 0.419. The fourth-order valence-electron chi connectivity index (χ4n) is 1.64. The van der Waals surface area contributed by atoms with Crippen LogP contribution in [-0.4, -0.2) is 4.98 Å². The number of benzene rings is 1. The zero-order valence-corrected chi connectivity index (χ0v) is 11.7. The smallest absolute Gasteiger partial charge is 0.132 e. The molecule has 0 amide bonds. The van der Waals surface area contributed by atoms with E-state index in [1.807, 2.05) is 0 Å². The fourth-order valence-corrected chi connectivity index (χ4v) is 2.80. The summed E-state index contributed by atoms with van der Waals surface area (Å²) in [7, 11) is 0. The van der Waals surface area contributed by atoms with Crippen molar-refractivity contribution >= 4 is 63.3 Å². The van der Waals surface area contributed by atoms with Crippen LogP contribution in [0.4, 0.5) is 28.7 Å². The average molecular weight is 312 g/mol. The van der Waals surface area contributed by atoms with E-state index in [-0.39, 0.29) is 0 Å². The number of anilines is 3. The van der Waals surface area contributed by atoms with Crippen LogP contribution in [0, 0.1) is 0 Å². The Hall–Kier alpha value is -1.63. The third kappa shape index (κ3) is 2.30.